The number of hydrogen-bond acceptors (Lipinski definition) is 3. The molecule has 0 fully saturated rings. The Morgan fingerprint density at radius 2 is 2.11 bits per heavy atom. The van der Waals surface area contributed by atoms with Crippen LogP contribution >= 0.6 is 23.2 Å². The highest BCUT2D eigenvalue weighted by molar-refractivity contribution is 6.35. The molecule has 0 radical (unpaired) electrons. The first-order valence-electron chi connectivity index (χ1n) is 5.48. The molecule has 0 saturated heterocycles. The van der Waals surface area contributed by atoms with Gasteiger partial charge >= 0.3 is 0 Å². The molecule has 2 rings (SSSR count). The maximum Gasteiger partial charge on any atom is 0.171 e. The summed E-state index contributed by atoms with van der Waals surface area (Å²) in [5.41, 5.74) is 7.39. The van der Waals surface area contributed by atoms with Gasteiger partial charge in [-0.15, -0.1) is 0 Å². The van der Waals surface area contributed by atoms with Crippen molar-refractivity contribution in [1.82, 2.24) is 9.78 Å². The van der Waals surface area contributed by atoms with Crippen LogP contribution in [0.3, 0.4) is 0 Å². The minimum atomic E-state index is -0.00744. The van der Waals surface area contributed by atoms with Gasteiger partial charge in [-0.1, -0.05) is 29.3 Å². The van der Waals surface area contributed by atoms with E-state index in [1.807, 2.05) is 26.1 Å². The van der Waals surface area contributed by atoms with E-state index in [1.54, 1.807) is 16.9 Å². The van der Waals surface area contributed by atoms with Crippen molar-refractivity contribution in [2.45, 2.75) is 13.0 Å². The molecule has 0 amide bonds. The molecule has 1 heterocycles. The molecule has 0 aliphatic rings. The van der Waals surface area contributed by atoms with Crippen LogP contribution in [-0.2, 0) is 7.05 Å². The molecule has 0 bridgehead atoms. The Labute approximate surface area is 116 Å². The van der Waals surface area contributed by atoms with Crippen LogP contribution in [0.15, 0.2) is 24.4 Å². The highest BCUT2D eigenvalue weighted by Gasteiger charge is 2.13. The third kappa shape index (κ3) is 2.71. The summed E-state index contributed by atoms with van der Waals surface area (Å²) in [6.07, 6.45) is 1.75. The summed E-state index contributed by atoms with van der Waals surface area (Å²) in [5.74, 6) is 0.649. The van der Waals surface area contributed by atoms with Crippen molar-refractivity contribution in [3.8, 4) is 0 Å². The van der Waals surface area contributed by atoms with Crippen LogP contribution < -0.4 is 11.1 Å². The van der Waals surface area contributed by atoms with Gasteiger partial charge in [0.25, 0.3) is 0 Å². The molecule has 3 N–H and O–H groups in total. The van der Waals surface area contributed by atoms with Crippen molar-refractivity contribution in [3.63, 3.8) is 0 Å². The Bertz CT molecular complexity index is 565. The lowest BCUT2D eigenvalue weighted by Gasteiger charge is -2.15. The van der Waals surface area contributed by atoms with Gasteiger partial charge in [0.2, 0.25) is 0 Å². The lowest BCUT2D eigenvalue weighted by Crippen LogP contribution is -2.09. The second-order valence-corrected chi connectivity index (χ2v) is 4.98. The number of nitrogens with zero attached hydrogens (tertiary/aromatic N) is 2. The van der Waals surface area contributed by atoms with Gasteiger partial charge in [0.1, 0.15) is 0 Å². The second-order valence-electron chi connectivity index (χ2n) is 4.14. The van der Waals surface area contributed by atoms with Crippen LogP contribution in [0.4, 0.5) is 11.5 Å². The van der Waals surface area contributed by atoms with E-state index in [1.165, 1.54) is 0 Å². The Hall–Kier alpha value is -1.39. The number of nitrogens with one attached hydrogen (secondary N) is 1. The summed E-state index contributed by atoms with van der Waals surface area (Å²) < 4.78 is 1.66. The van der Waals surface area contributed by atoms with Crippen molar-refractivity contribution >= 4 is 34.7 Å². The molecule has 0 spiro atoms. The van der Waals surface area contributed by atoms with Gasteiger partial charge < -0.3 is 11.1 Å². The summed E-state index contributed by atoms with van der Waals surface area (Å²) >= 11 is 12.0. The van der Waals surface area contributed by atoms with Gasteiger partial charge in [0.05, 0.1) is 11.7 Å². The largest absolute Gasteiger partial charge is 0.394 e. The number of nitrogens with two attached hydrogens (primary N) is 1. The number of anilines is 2. The minimum Gasteiger partial charge on any atom is -0.394 e. The molecular formula is C12H14Cl2N4. The van der Waals surface area contributed by atoms with Crippen molar-refractivity contribution < 1.29 is 0 Å². The van der Waals surface area contributed by atoms with Gasteiger partial charge in [0.15, 0.2) is 5.82 Å². The monoisotopic (exact) mass is 284 g/mol. The molecular weight excluding hydrogens is 271 g/mol. The summed E-state index contributed by atoms with van der Waals surface area (Å²) in [5, 5.41) is 8.70. The smallest absolute Gasteiger partial charge is 0.171 e. The molecule has 18 heavy (non-hydrogen) atoms. The second kappa shape index (κ2) is 5.08. The summed E-state index contributed by atoms with van der Waals surface area (Å²) in [4.78, 5) is 0. The fourth-order valence-corrected chi connectivity index (χ4v) is 2.33. The van der Waals surface area contributed by atoms with Gasteiger partial charge in [-0.05, 0) is 24.6 Å². The van der Waals surface area contributed by atoms with Gasteiger partial charge in [-0.3, -0.25) is 4.68 Å². The van der Waals surface area contributed by atoms with E-state index in [-0.39, 0.29) is 6.04 Å². The highest BCUT2D eigenvalue weighted by Crippen LogP contribution is 2.29. The molecule has 96 valence electrons. The Morgan fingerprint density at radius 3 is 2.67 bits per heavy atom. The molecule has 0 saturated carbocycles. The first kappa shape index (κ1) is 13.1. The normalized spacial score (nSPS) is 12.4. The first-order valence-corrected chi connectivity index (χ1v) is 6.23. The molecule has 0 aliphatic carbocycles. The third-order valence-corrected chi connectivity index (χ3v) is 3.20. The lowest BCUT2D eigenvalue weighted by atomic mass is 10.1. The fraction of sp³-hybridized carbons (Fsp3) is 0.250. The third-order valence-electron chi connectivity index (χ3n) is 2.64. The van der Waals surface area contributed by atoms with Crippen molar-refractivity contribution in [2.24, 2.45) is 7.05 Å². The zero-order valence-electron chi connectivity index (χ0n) is 10.1. The van der Waals surface area contributed by atoms with E-state index in [2.05, 4.69) is 10.4 Å². The van der Waals surface area contributed by atoms with Crippen molar-refractivity contribution in [1.29, 1.82) is 0 Å². The summed E-state index contributed by atoms with van der Waals surface area (Å²) in [7, 11) is 1.82. The molecule has 0 aliphatic heterocycles. The SMILES string of the molecule is CC(Nc1nn(C)cc1N)c1ccc(Cl)cc1Cl. The fourth-order valence-electron chi connectivity index (χ4n) is 1.75. The Morgan fingerprint density at radius 1 is 1.39 bits per heavy atom. The molecule has 4 nitrogen and oxygen atoms in total. The van der Waals surface area contributed by atoms with E-state index >= 15 is 0 Å². The van der Waals surface area contributed by atoms with Crippen LogP contribution in [-0.4, -0.2) is 9.78 Å². The number of nitrogen functional groups attached to an aromatic ring is 1. The highest BCUT2D eigenvalue weighted by atomic mass is 35.5. The topological polar surface area (TPSA) is 55.9 Å². The maximum absolute atomic E-state index is 6.15. The summed E-state index contributed by atoms with van der Waals surface area (Å²) in [6, 6.07) is 5.41. The number of halogens is 2. The van der Waals surface area contributed by atoms with E-state index in [9.17, 15) is 0 Å². The van der Waals surface area contributed by atoms with Crippen molar-refractivity contribution in [2.75, 3.05) is 11.1 Å². The standard InChI is InChI=1S/C12H14Cl2N4/c1-7(9-4-3-8(13)5-10(9)14)16-12-11(15)6-18(2)17-12/h3-7H,15H2,1-2H3,(H,16,17). The molecule has 6 heteroatoms. The van der Waals surface area contributed by atoms with Crippen molar-refractivity contribution in [3.05, 3.63) is 40.0 Å². The average Bonchev–Trinajstić information content (AvgIpc) is 2.57. The molecule has 2 aromatic rings. The zero-order valence-corrected chi connectivity index (χ0v) is 11.6. The molecule has 1 aromatic heterocycles. The summed E-state index contributed by atoms with van der Waals surface area (Å²) in [6.45, 7) is 1.99. The Balaban J connectivity index is 2.21. The first-order chi connectivity index (χ1) is 8.47. The number of benzene rings is 1. The van der Waals surface area contributed by atoms with E-state index in [4.69, 9.17) is 28.9 Å². The van der Waals surface area contributed by atoms with E-state index in [0.717, 1.165) is 5.56 Å². The zero-order chi connectivity index (χ0) is 13.3. The molecule has 1 atom stereocenters. The quantitative estimate of drug-likeness (QED) is 0.907. The minimum absolute atomic E-state index is 0.00744. The maximum atomic E-state index is 6.15. The van der Waals surface area contributed by atoms with Crippen LogP contribution in [0.1, 0.15) is 18.5 Å². The van der Waals surface area contributed by atoms with Crippen LogP contribution in [0.5, 0.6) is 0 Å². The van der Waals surface area contributed by atoms with Crippen LogP contribution in [0.25, 0.3) is 0 Å². The van der Waals surface area contributed by atoms with Crippen LogP contribution in [0, 0.1) is 0 Å². The van der Waals surface area contributed by atoms with Crippen LogP contribution in [0.2, 0.25) is 10.0 Å². The van der Waals surface area contributed by atoms with Gasteiger partial charge in [-0.25, -0.2) is 0 Å². The number of aromatic nitrogens is 2. The number of hydrogen-bond donors (Lipinski definition) is 2. The molecule has 1 aromatic carbocycles. The predicted octanol–water partition coefficient (Wildman–Crippen LogP) is 3.48. The number of aryl methyl sites for hydroxylation is 1. The average molecular weight is 285 g/mol. The van der Waals surface area contributed by atoms with Gasteiger partial charge in [0, 0.05) is 23.3 Å². The van der Waals surface area contributed by atoms with E-state index < -0.39 is 0 Å². The Kier molecular flexibility index (Phi) is 3.68. The van der Waals surface area contributed by atoms with Gasteiger partial charge in [-0.2, -0.15) is 5.10 Å². The molecule has 1 unspecified atom stereocenters. The number of rotatable bonds is 3. The predicted molar refractivity (Wildman–Crippen MR) is 76.1 cm³/mol. The lowest BCUT2D eigenvalue weighted by molar-refractivity contribution is 0.760. The van der Waals surface area contributed by atoms with E-state index in [0.29, 0.717) is 21.6 Å².